The first-order valence-electron chi connectivity index (χ1n) is 5.61. The van der Waals surface area contributed by atoms with Crippen molar-refractivity contribution in [2.24, 2.45) is 5.73 Å². The summed E-state index contributed by atoms with van der Waals surface area (Å²) in [5.41, 5.74) is 6.29. The van der Waals surface area contributed by atoms with E-state index >= 15 is 0 Å². The fourth-order valence-electron chi connectivity index (χ4n) is 2.13. The number of methoxy groups -OCH3 is 1. The Morgan fingerprint density at radius 2 is 2.44 bits per heavy atom. The first-order chi connectivity index (χ1) is 8.65. The summed E-state index contributed by atoms with van der Waals surface area (Å²) in [7, 11) is 1.38. The van der Waals surface area contributed by atoms with Crippen LogP contribution < -0.4 is 10.6 Å². The summed E-state index contributed by atoms with van der Waals surface area (Å²) in [4.78, 5) is 13.8. The van der Waals surface area contributed by atoms with Gasteiger partial charge < -0.3 is 15.4 Å². The summed E-state index contributed by atoms with van der Waals surface area (Å²) in [6.45, 7) is 0.716. The summed E-state index contributed by atoms with van der Waals surface area (Å²) in [5.74, 6) is 0.282. The van der Waals surface area contributed by atoms with Crippen molar-refractivity contribution in [2.45, 2.75) is 18.9 Å². The summed E-state index contributed by atoms with van der Waals surface area (Å²) in [5, 5.41) is 7.88. The van der Waals surface area contributed by atoms with Crippen LogP contribution in [0.25, 0.3) is 0 Å². The summed E-state index contributed by atoms with van der Waals surface area (Å²) >= 11 is 4.98. The fraction of sp³-hybridized carbons (Fsp3) is 0.455. The predicted molar refractivity (Wildman–Crippen MR) is 70.3 cm³/mol. The third kappa shape index (κ3) is 2.26. The molecule has 0 bridgehead atoms. The van der Waals surface area contributed by atoms with Crippen molar-refractivity contribution >= 4 is 29.0 Å². The van der Waals surface area contributed by atoms with Crippen molar-refractivity contribution < 1.29 is 9.53 Å². The molecular formula is C11H14N4O2S. The minimum Gasteiger partial charge on any atom is -0.467 e. The highest BCUT2D eigenvalue weighted by molar-refractivity contribution is 7.80. The minimum atomic E-state index is -0.334. The normalized spacial score (nSPS) is 18.7. The Balaban J connectivity index is 2.36. The van der Waals surface area contributed by atoms with Crippen LogP contribution in [0.15, 0.2) is 12.3 Å². The van der Waals surface area contributed by atoms with Crippen LogP contribution in [0, 0.1) is 0 Å². The third-order valence-corrected chi connectivity index (χ3v) is 3.18. The number of thiocarbonyl (C=S) groups is 1. The molecule has 18 heavy (non-hydrogen) atoms. The fourth-order valence-corrected chi connectivity index (χ4v) is 2.29. The molecule has 1 atom stereocenters. The number of nitrogens with zero attached hydrogens (tertiary/aromatic N) is 3. The standard InChI is InChI=1S/C11H14N4O2S/c1-17-11(16)8-3-2-6-15(8)10-7(9(12)18)4-5-13-14-10/h4-5,8H,2-3,6H2,1H3,(H2,12,18). The van der Waals surface area contributed by atoms with Gasteiger partial charge >= 0.3 is 5.97 Å². The van der Waals surface area contributed by atoms with Gasteiger partial charge in [-0.2, -0.15) is 5.10 Å². The Morgan fingerprint density at radius 1 is 1.67 bits per heavy atom. The number of aromatic nitrogens is 2. The second-order valence-electron chi connectivity index (χ2n) is 4.01. The van der Waals surface area contributed by atoms with Crippen molar-refractivity contribution in [3.63, 3.8) is 0 Å². The zero-order chi connectivity index (χ0) is 13.1. The van der Waals surface area contributed by atoms with E-state index in [1.807, 2.05) is 4.90 Å². The molecule has 2 N–H and O–H groups in total. The van der Waals surface area contributed by atoms with E-state index in [0.29, 0.717) is 17.9 Å². The number of nitrogens with two attached hydrogens (primary N) is 1. The van der Waals surface area contributed by atoms with Gasteiger partial charge in [-0.1, -0.05) is 12.2 Å². The lowest BCUT2D eigenvalue weighted by Crippen LogP contribution is -2.38. The molecule has 0 spiro atoms. The molecule has 1 aliphatic rings. The molecule has 0 amide bonds. The molecule has 1 aromatic rings. The number of carbonyl (C=O) groups is 1. The van der Waals surface area contributed by atoms with Crippen LogP contribution in [0.5, 0.6) is 0 Å². The van der Waals surface area contributed by atoms with E-state index in [1.54, 1.807) is 6.07 Å². The molecule has 0 radical (unpaired) electrons. The molecule has 1 aromatic heterocycles. The van der Waals surface area contributed by atoms with Crippen LogP contribution >= 0.6 is 12.2 Å². The van der Waals surface area contributed by atoms with E-state index in [9.17, 15) is 4.79 Å². The molecular weight excluding hydrogens is 252 g/mol. The van der Waals surface area contributed by atoms with Gasteiger partial charge in [-0.25, -0.2) is 4.79 Å². The lowest BCUT2D eigenvalue weighted by Gasteiger charge is -2.24. The summed E-state index contributed by atoms with van der Waals surface area (Å²) in [6, 6.07) is 1.37. The number of anilines is 1. The molecule has 2 rings (SSSR count). The van der Waals surface area contributed by atoms with Gasteiger partial charge in [0, 0.05) is 6.54 Å². The third-order valence-electron chi connectivity index (χ3n) is 2.96. The van der Waals surface area contributed by atoms with Crippen LogP contribution in [-0.4, -0.2) is 40.9 Å². The Kier molecular flexibility index (Phi) is 3.71. The number of hydrogen-bond donors (Lipinski definition) is 1. The maximum Gasteiger partial charge on any atom is 0.328 e. The minimum absolute atomic E-state index is 0.246. The summed E-state index contributed by atoms with van der Waals surface area (Å²) < 4.78 is 4.79. The average molecular weight is 266 g/mol. The molecule has 1 saturated heterocycles. The van der Waals surface area contributed by atoms with Crippen molar-refractivity contribution in [2.75, 3.05) is 18.6 Å². The molecule has 1 fully saturated rings. The van der Waals surface area contributed by atoms with E-state index in [1.165, 1.54) is 13.3 Å². The molecule has 1 unspecified atom stereocenters. The highest BCUT2D eigenvalue weighted by atomic mass is 32.1. The highest BCUT2D eigenvalue weighted by Crippen LogP contribution is 2.26. The van der Waals surface area contributed by atoms with E-state index < -0.39 is 0 Å². The number of esters is 1. The highest BCUT2D eigenvalue weighted by Gasteiger charge is 2.34. The smallest absolute Gasteiger partial charge is 0.328 e. The molecule has 7 heteroatoms. The number of rotatable bonds is 3. The van der Waals surface area contributed by atoms with Crippen molar-refractivity contribution in [1.82, 2.24) is 10.2 Å². The van der Waals surface area contributed by atoms with E-state index in [-0.39, 0.29) is 17.0 Å². The number of ether oxygens (including phenoxy) is 1. The van der Waals surface area contributed by atoms with Gasteiger partial charge in [0.05, 0.1) is 18.9 Å². The van der Waals surface area contributed by atoms with Gasteiger partial charge in [-0.05, 0) is 18.9 Å². The van der Waals surface area contributed by atoms with Gasteiger partial charge in [0.1, 0.15) is 11.0 Å². The Morgan fingerprint density at radius 3 is 3.11 bits per heavy atom. The maximum atomic E-state index is 11.7. The van der Waals surface area contributed by atoms with E-state index in [4.69, 9.17) is 22.7 Å². The Hall–Kier alpha value is -1.76. The second kappa shape index (κ2) is 5.26. The van der Waals surface area contributed by atoms with Gasteiger partial charge in [0.15, 0.2) is 5.82 Å². The van der Waals surface area contributed by atoms with Crippen LogP contribution in [0.2, 0.25) is 0 Å². The van der Waals surface area contributed by atoms with Gasteiger partial charge in [-0.3, -0.25) is 0 Å². The Labute approximate surface area is 110 Å². The SMILES string of the molecule is COC(=O)C1CCCN1c1nnccc1C(N)=S. The molecule has 2 heterocycles. The zero-order valence-corrected chi connectivity index (χ0v) is 10.8. The topological polar surface area (TPSA) is 81.3 Å². The molecule has 6 nitrogen and oxygen atoms in total. The van der Waals surface area contributed by atoms with Gasteiger partial charge in [0.25, 0.3) is 0 Å². The monoisotopic (exact) mass is 266 g/mol. The molecule has 0 saturated carbocycles. The van der Waals surface area contributed by atoms with Crippen LogP contribution in [-0.2, 0) is 9.53 Å². The van der Waals surface area contributed by atoms with Crippen LogP contribution in [0.1, 0.15) is 18.4 Å². The van der Waals surface area contributed by atoms with Crippen molar-refractivity contribution in [3.8, 4) is 0 Å². The van der Waals surface area contributed by atoms with Crippen molar-refractivity contribution in [3.05, 3.63) is 17.8 Å². The van der Waals surface area contributed by atoms with E-state index in [0.717, 1.165) is 12.8 Å². The first-order valence-corrected chi connectivity index (χ1v) is 6.02. The molecule has 0 aliphatic carbocycles. The lowest BCUT2D eigenvalue weighted by molar-refractivity contribution is -0.141. The van der Waals surface area contributed by atoms with Crippen molar-refractivity contribution in [1.29, 1.82) is 0 Å². The Bertz CT molecular complexity index is 480. The van der Waals surface area contributed by atoms with Gasteiger partial charge in [0.2, 0.25) is 0 Å². The molecule has 0 aromatic carbocycles. The van der Waals surface area contributed by atoms with E-state index in [2.05, 4.69) is 10.2 Å². The largest absolute Gasteiger partial charge is 0.467 e. The van der Waals surface area contributed by atoms with Crippen LogP contribution in [0.4, 0.5) is 5.82 Å². The number of carbonyl (C=O) groups excluding carboxylic acids is 1. The maximum absolute atomic E-state index is 11.7. The number of hydrogen-bond acceptors (Lipinski definition) is 6. The summed E-state index contributed by atoms with van der Waals surface area (Å²) in [6.07, 6.45) is 3.16. The van der Waals surface area contributed by atoms with Gasteiger partial charge in [-0.15, -0.1) is 5.10 Å². The predicted octanol–water partition coefficient (Wildman–Crippen LogP) is 0.253. The average Bonchev–Trinajstić information content (AvgIpc) is 2.86. The quantitative estimate of drug-likeness (QED) is 0.620. The second-order valence-corrected chi connectivity index (χ2v) is 4.45. The van der Waals surface area contributed by atoms with Crippen LogP contribution in [0.3, 0.4) is 0 Å². The molecule has 1 aliphatic heterocycles. The molecule has 96 valence electrons. The first kappa shape index (κ1) is 12.7. The lowest BCUT2D eigenvalue weighted by atomic mass is 10.2. The zero-order valence-electron chi connectivity index (χ0n) is 10.00.